The van der Waals surface area contributed by atoms with E-state index in [0.29, 0.717) is 24.9 Å². The molecule has 0 aromatic rings. The van der Waals surface area contributed by atoms with Gasteiger partial charge in [0.15, 0.2) is 0 Å². The number of hydrogen-bond acceptors (Lipinski definition) is 2. The summed E-state index contributed by atoms with van der Waals surface area (Å²) >= 11 is 0. The number of amides is 2. The molecule has 21 heavy (non-hydrogen) atoms. The van der Waals surface area contributed by atoms with Crippen LogP contribution < -0.4 is 5.32 Å². The number of nitrogens with one attached hydrogen (secondary N) is 1. The van der Waals surface area contributed by atoms with E-state index >= 15 is 0 Å². The summed E-state index contributed by atoms with van der Waals surface area (Å²) in [6.07, 6.45) is 5.26. The molecular formula is C16H28N2O3. The van der Waals surface area contributed by atoms with Gasteiger partial charge < -0.3 is 15.3 Å². The summed E-state index contributed by atoms with van der Waals surface area (Å²) in [6.45, 7) is 7.62. The molecule has 2 rings (SSSR count). The highest BCUT2D eigenvalue weighted by molar-refractivity contribution is 5.80. The van der Waals surface area contributed by atoms with Crippen molar-refractivity contribution in [2.45, 2.75) is 52.9 Å². The van der Waals surface area contributed by atoms with E-state index in [2.05, 4.69) is 12.2 Å². The van der Waals surface area contributed by atoms with Crippen molar-refractivity contribution in [3.63, 3.8) is 0 Å². The summed E-state index contributed by atoms with van der Waals surface area (Å²) in [6, 6.07) is -0.0962. The largest absolute Gasteiger partial charge is 0.481 e. The van der Waals surface area contributed by atoms with E-state index in [4.69, 9.17) is 0 Å². The minimum Gasteiger partial charge on any atom is -0.481 e. The number of likely N-dealkylation sites (tertiary alicyclic amines) is 1. The molecule has 2 aliphatic rings. The van der Waals surface area contributed by atoms with Gasteiger partial charge >= 0.3 is 12.0 Å². The maximum atomic E-state index is 12.3. The zero-order chi connectivity index (χ0) is 15.7. The van der Waals surface area contributed by atoms with Crippen LogP contribution in [0.15, 0.2) is 0 Å². The van der Waals surface area contributed by atoms with Crippen LogP contribution in [0.5, 0.6) is 0 Å². The van der Waals surface area contributed by atoms with Gasteiger partial charge in [-0.3, -0.25) is 4.79 Å². The average Bonchev–Trinajstić information content (AvgIpc) is 3.03. The summed E-state index contributed by atoms with van der Waals surface area (Å²) in [4.78, 5) is 25.5. The number of carbonyl (C=O) groups excluding carboxylic acids is 1. The second kappa shape index (κ2) is 5.85. The van der Waals surface area contributed by atoms with Gasteiger partial charge in [0.25, 0.3) is 0 Å². The van der Waals surface area contributed by atoms with Crippen LogP contribution in [0.2, 0.25) is 0 Å². The van der Waals surface area contributed by atoms with Crippen molar-refractivity contribution in [3.8, 4) is 0 Å². The highest BCUT2D eigenvalue weighted by atomic mass is 16.4. The lowest BCUT2D eigenvalue weighted by Gasteiger charge is -2.29. The molecule has 1 unspecified atom stereocenters. The first-order chi connectivity index (χ1) is 9.85. The maximum Gasteiger partial charge on any atom is 0.317 e. The smallest absolute Gasteiger partial charge is 0.317 e. The summed E-state index contributed by atoms with van der Waals surface area (Å²) in [7, 11) is 0. The van der Waals surface area contributed by atoms with Crippen LogP contribution in [0.4, 0.5) is 4.79 Å². The molecule has 0 radical (unpaired) electrons. The monoisotopic (exact) mass is 296 g/mol. The lowest BCUT2D eigenvalue weighted by atomic mass is 9.76. The van der Waals surface area contributed by atoms with E-state index in [-0.39, 0.29) is 11.9 Å². The molecule has 1 heterocycles. The molecule has 5 nitrogen and oxygen atoms in total. The van der Waals surface area contributed by atoms with Gasteiger partial charge in [-0.05, 0) is 37.0 Å². The maximum absolute atomic E-state index is 12.3. The van der Waals surface area contributed by atoms with Crippen molar-refractivity contribution >= 4 is 12.0 Å². The third-order valence-electron chi connectivity index (χ3n) is 5.47. The minimum absolute atomic E-state index is 0.0302. The SMILES string of the molecule is CCCC1(CNC(=O)N2CCC(C(=O)O)(C(C)C)C2)CC1. The zero-order valence-corrected chi connectivity index (χ0v) is 13.4. The first-order valence-corrected chi connectivity index (χ1v) is 8.11. The number of aliphatic carboxylic acids is 1. The molecule has 1 aliphatic carbocycles. The highest BCUT2D eigenvalue weighted by Crippen LogP contribution is 2.49. The standard InChI is InChI=1S/C16H28N2O3/c1-4-5-15(6-7-15)10-17-14(21)18-9-8-16(11-18,12(2)3)13(19)20/h12H,4-11H2,1-3H3,(H,17,21)(H,19,20). The predicted molar refractivity (Wildman–Crippen MR) is 81.1 cm³/mol. The molecule has 0 aromatic heterocycles. The van der Waals surface area contributed by atoms with Crippen molar-refractivity contribution in [1.29, 1.82) is 0 Å². The van der Waals surface area contributed by atoms with Crippen molar-refractivity contribution in [3.05, 3.63) is 0 Å². The molecule has 0 aromatic carbocycles. The molecule has 0 spiro atoms. The third kappa shape index (κ3) is 3.16. The number of carbonyl (C=O) groups is 2. The fourth-order valence-electron chi connectivity index (χ4n) is 3.50. The normalized spacial score (nSPS) is 27.0. The van der Waals surface area contributed by atoms with Gasteiger partial charge in [0.2, 0.25) is 0 Å². The Morgan fingerprint density at radius 2 is 1.95 bits per heavy atom. The Labute approximate surface area is 127 Å². The number of urea groups is 1. The number of nitrogens with zero attached hydrogens (tertiary/aromatic N) is 1. The average molecular weight is 296 g/mol. The summed E-state index contributed by atoms with van der Waals surface area (Å²) < 4.78 is 0. The van der Waals surface area contributed by atoms with E-state index < -0.39 is 11.4 Å². The Hall–Kier alpha value is -1.26. The Morgan fingerprint density at radius 3 is 2.38 bits per heavy atom. The Bertz CT molecular complexity index is 418. The van der Waals surface area contributed by atoms with Crippen LogP contribution in [0.3, 0.4) is 0 Å². The Morgan fingerprint density at radius 1 is 1.29 bits per heavy atom. The van der Waals surface area contributed by atoms with Crippen LogP contribution in [0.25, 0.3) is 0 Å². The Kier molecular flexibility index (Phi) is 4.49. The van der Waals surface area contributed by atoms with Crippen molar-refractivity contribution in [1.82, 2.24) is 10.2 Å². The minimum atomic E-state index is -0.780. The van der Waals surface area contributed by atoms with Crippen LogP contribution in [-0.4, -0.2) is 41.6 Å². The second-order valence-corrected chi connectivity index (χ2v) is 7.20. The lowest BCUT2D eigenvalue weighted by Crippen LogP contribution is -2.44. The van der Waals surface area contributed by atoms with E-state index in [1.165, 1.54) is 19.3 Å². The second-order valence-electron chi connectivity index (χ2n) is 7.20. The summed E-state index contributed by atoms with van der Waals surface area (Å²) in [5, 5.41) is 12.5. The van der Waals surface area contributed by atoms with Gasteiger partial charge in [0.05, 0.1) is 5.41 Å². The molecule has 1 saturated carbocycles. The van der Waals surface area contributed by atoms with E-state index in [9.17, 15) is 14.7 Å². The van der Waals surface area contributed by atoms with E-state index in [1.807, 2.05) is 13.8 Å². The number of rotatable bonds is 6. The van der Waals surface area contributed by atoms with E-state index in [1.54, 1.807) is 4.90 Å². The lowest BCUT2D eigenvalue weighted by molar-refractivity contribution is -0.150. The van der Waals surface area contributed by atoms with Crippen LogP contribution in [0.1, 0.15) is 52.9 Å². The molecule has 2 N–H and O–H groups in total. The van der Waals surface area contributed by atoms with Gasteiger partial charge in [-0.15, -0.1) is 0 Å². The fraction of sp³-hybridized carbons (Fsp3) is 0.875. The van der Waals surface area contributed by atoms with E-state index in [0.717, 1.165) is 13.0 Å². The van der Waals surface area contributed by atoms with Gasteiger partial charge in [-0.1, -0.05) is 27.2 Å². The van der Waals surface area contributed by atoms with Gasteiger partial charge in [0.1, 0.15) is 0 Å². The summed E-state index contributed by atoms with van der Waals surface area (Å²) in [5.41, 5.74) is -0.454. The van der Waals surface area contributed by atoms with Gasteiger partial charge in [0, 0.05) is 19.6 Å². The highest BCUT2D eigenvalue weighted by Gasteiger charge is 2.49. The summed E-state index contributed by atoms with van der Waals surface area (Å²) in [5.74, 6) is -0.750. The number of carboxylic acids is 1. The van der Waals surface area contributed by atoms with Crippen molar-refractivity contribution in [2.24, 2.45) is 16.7 Å². The topological polar surface area (TPSA) is 69.6 Å². The molecule has 2 amide bonds. The predicted octanol–water partition coefficient (Wildman–Crippen LogP) is 2.71. The fourth-order valence-corrected chi connectivity index (χ4v) is 3.50. The molecule has 1 aliphatic heterocycles. The third-order valence-corrected chi connectivity index (χ3v) is 5.47. The molecular weight excluding hydrogens is 268 g/mol. The van der Waals surface area contributed by atoms with Crippen molar-refractivity contribution in [2.75, 3.05) is 19.6 Å². The van der Waals surface area contributed by atoms with Crippen LogP contribution >= 0.6 is 0 Å². The van der Waals surface area contributed by atoms with Crippen molar-refractivity contribution < 1.29 is 14.7 Å². The molecule has 120 valence electrons. The first-order valence-electron chi connectivity index (χ1n) is 8.11. The Balaban J connectivity index is 1.89. The van der Waals surface area contributed by atoms with Crippen LogP contribution in [-0.2, 0) is 4.79 Å². The molecule has 2 fully saturated rings. The molecule has 5 heteroatoms. The number of carboxylic acid groups (broad SMARTS) is 1. The quantitative estimate of drug-likeness (QED) is 0.791. The first kappa shape index (κ1) is 16.1. The molecule has 0 bridgehead atoms. The van der Waals surface area contributed by atoms with Gasteiger partial charge in [-0.2, -0.15) is 0 Å². The molecule has 1 atom stereocenters. The zero-order valence-electron chi connectivity index (χ0n) is 13.4. The van der Waals surface area contributed by atoms with Crippen LogP contribution in [0, 0.1) is 16.7 Å². The molecule has 1 saturated heterocycles. The van der Waals surface area contributed by atoms with Gasteiger partial charge in [-0.25, -0.2) is 4.79 Å². The number of hydrogen-bond donors (Lipinski definition) is 2.